The Bertz CT molecular complexity index is 629. The molecule has 1 heterocycles. The maximum Gasteiger partial charge on any atom is 0.244 e. The Kier molecular flexibility index (Phi) is 5.53. The van der Waals surface area contributed by atoms with Gasteiger partial charge in [-0.15, -0.1) is 0 Å². The second-order valence-corrected chi connectivity index (χ2v) is 5.79. The van der Waals surface area contributed by atoms with Crippen LogP contribution >= 0.6 is 0 Å². The van der Waals surface area contributed by atoms with Gasteiger partial charge in [-0.25, -0.2) is 0 Å². The van der Waals surface area contributed by atoms with E-state index < -0.39 is 0 Å². The van der Waals surface area contributed by atoms with Gasteiger partial charge in [-0.2, -0.15) is 5.10 Å². The van der Waals surface area contributed by atoms with Crippen LogP contribution in [0.25, 0.3) is 6.08 Å². The van der Waals surface area contributed by atoms with Crippen molar-refractivity contribution in [2.45, 2.75) is 19.8 Å². The third-order valence-electron chi connectivity index (χ3n) is 3.68. The summed E-state index contributed by atoms with van der Waals surface area (Å²) in [5, 5.41) is 7.05. The van der Waals surface area contributed by atoms with Crippen LogP contribution in [0.2, 0.25) is 0 Å². The van der Waals surface area contributed by atoms with E-state index in [0.29, 0.717) is 18.4 Å². The van der Waals surface area contributed by atoms with Gasteiger partial charge in [0.1, 0.15) is 0 Å². The Morgan fingerprint density at radius 3 is 2.64 bits per heavy atom. The van der Waals surface area contributed by atoms with Crippen LogP contribution < -0.4 is 5.32 Å². The van der Waals surface area contributed by atoms with Crippen molar-refractivity contribution in [2.75, 3.05) is 6.54 Å². The van der Waals surface area contributed by atoms with E-state index in [1.54, 1.807) is 23.0 Å². The number of carbonyl (C=O) groups is 1. The molecule has 0 aliphatic carbocycles. The number of hydrogen-bond donors (Lipinski definition) is 1. The highest BCUT2D eigenvalue weighted by Gasteiger charge is 2.15. The van der Waals surface area contributed by atoms with Gasteiger partial charge in [-0.05, 0) is 17.6 Å². The molecule has 0 spiro atoms. The van der Waals surface area contributed by atoms with Crippen molar-refractivity contribution in [2.24, 2.45) is 13.0 Å². The predicted octanol–water partition coefficient (Wildman–Crippen LogP) is 2.99. The third-order valence-corrected chi connectivity index (χ3v) is 3.68. The van der Waals surface area contributed by atoms with Gasteiger partial charge in [0.05, 0.1) is 6.20 Å². The molecular formula is C18H23N3O. The van der Waals surface area contributed by atoms with E-state index in [1.165, 1.54) is 5.56 Å². The molecule has 0 aliphatic heterocycles. The summed E-state index contributed by atoms with van der Waals surface area (Å²) >= 11 is 0. The van der Waals surface area contributed by atoms with Gasteiger partial charge < -0.3 is 5.32 Å². The number of rotatable bonds is 6. The van der Waals surface area contributed by atoms with Crippen molar-refractivity contribution >= 4 is 12.0 Å². The number of nitrogens with one attached hydrogen (secondary N) is 1. The molecule has 22 heavy (non-hydrogen) atoms. The normalized spacial score (nSPS) is 12.7. The molecule has 1 aromatic heterocycles. The van der Waals surface area contributed by atoms with Gasteiger partial charge in [0.15, 0.2) is 0 Å². The van der Waals surface area contributed by atoms with Crippen LogP contribution in [0.1, 0.15) is 30.9 Å². The Morgan fingerprint density at radius 1 is 1.32 bits per heavy atom. The predicted molar refractivity (Wildman–Crippen MR) is 89.3 cm³/mol. The zero-order valence-electron chi connectivity index (χ0n) is 13.4. The molecule has 0 radical (unpaired) electrons. The standard InChI is InChI=1S/C18H23N3O/c1-14(2)17(16-7-5-4-6-8-16)12-19-18(22)10-9-15-11-20-21(3)13-15/h4-11,13-14,17H,12H2,1-3H3,(H,19,22). The van der Waals surface area contributed by atoms with E-state index in [4.69, 9.17) is 0 Å². The highest BCUT2D eigenvalue weighted by molar-refractivity contribution is 5.91. The molecule has 1 aromatic carbocycles. The van der Waals surface area contributed by atoms with Crippen molar-refractivity contribution in [3.63, 3.8) is 0 Å². The van der Waals surface area contributed by atoms with Crippen LogP contribution in [0, 0.1) is 5.92 Å². The van der Waals surface area contributed by atoms with Crippen LogP contribution in [-0.2, 0) is 11.8 Å². The van der Waals surface area contributed by atoms with E-state index >= 15 is 0 Å². The Hall–Kier alpha value is -2.36. The molecule has 0 saturated carbocycles. The van der Waals surface area contributed by atoms with Gasteiger partial charge in [0, 0.05) is 37.3 Å². The molecule has 4 nitrogen and oxygen atoms in total. The molecule has 0 fully saturated rings. The van der Waals surface area contributed by atoms with Gasteiger partial charge in [0.25, 0.3) is 0 Å². The smallest absolute Gasteiger partial charge is 0.244 e. The topological polar surface area (TPSA) is 46.9 Å². The second kappa shape index (κ2) is 7.59. The molecule has 1 unspecified atom stereocenters. The summed E-state index contributed by atoms with van der Waals surface area (Å²) in [6.45, 7) is 4.99. The second-order valence-electron chi connectivity index (χ2n) is 5.79. The molecule has 4 heteroatoms. The zero-order valence-corrected chi connectivity index (χ0v) is 13.4. The van der Waals surface area contributed by atoms with E-state index in [9.17, 15) is 4.79 Å². The van der Waals surface area contributed by atoms with Crippen molar-refractivity contribution in [3.05, 3.63) is 59.9 Å². The van der Waals surface area contributed by atoms with E-state index in [1.807, 2.05) is 31.4 Å². The first-order valence-corrected chi connectivity index (χ1v) is 7.55. The summed E-state index contributed by atoms with van der Waals surface area (Å²) in [5.74, 6) is 0.701. The van der Waals surface area contributed by atoms with E-state index in [0.717, 1.165) is 5.56 Å². The summed E-state index contributed by atoms with van der Waals surface area (Å²) in [6, 6.07) is 10.3. The highest BCUT2D eigenvalue weighted by Crippen LogP contribution is 2.23. The molecule has 1 atom stereocenters. The molecule has 2 rings (SSSR count). The van der Waals surface area contributed by atoms with Crippen LogP contribution in [0.3, 0.4) is 0 Å². The molecule has 0 saturated heterocycles. The fourth-order valence-corrected chi connectivity index (χ4v) is 2.41. The summed E-state index contributed by atoms with van der Waals surface area (Å²) in [4.78, 5) is 12.0. The average molecular weight is 297 g/mol. The molecule has 2 aromatic rings. The lowest BCUT2D eigenvalue weighted by molar-refractivity contribution is -0.116. The largest absolute Gasteiger partial charge is 0.352 e. The third kappa shape index (κ3) is 4.58. The lowest BCUT2D eigenvalue weighted by Gasteiger charge is -2.21. The SMILES string of the molecule is CC(C)C(CNC(=O)C=Cc1cnn(C)c1)c1ccccc1. The van der Waals surface area contributed by atoms with Crippen molar-refractivity contribution in [3.8, 4) is 0 Å². The maximum absolute atomic E-state index is 12.0. The Balaban J connectivity index is 1.92. The quantitative estimate of drug-likeness (QED) is 0.833. The Morgan fingerprint density at radius 2 is 2.05 bits per heavy atom. The van der Waals surface area contributed by atoms with Crippen LogP contribution in [0.4, 0.5) is 0 Å². The number of amides is 1. The minimum atomic E-state index is -0.0783. The lowest BCUT2D eigenvalue weighted by atomic mass is 9.88. The summed E-state index contributed by atoms with van der Waals surface area (Å²) in [5.41, 5.74) is 2.18. The molecule has 0 aliphatic rings. The zero-order chi connectivity index (χ0) is 15.9. The van der Waals surface area contributed by atoms with Crippen LogP contribution in [0.15, 0.2) is 48.8 Å². The monoisotopic (exact) mass is 297 g/mol. The van der Waals surface area contributed by atoms with Gasteiger partial charge in [0.2, 0.25) is 5.91 Å². The van der Waals surface area contributed by atoms with Crippen LogP contribution in [0.5, 0.6) is 0 Å². The molecular weight excluding hydrogens is 274 g/mol. The number of benzene rings is 1. The van der Waals surface area contributed by atoms with E-state index in [-0.39, 0.29) is 5.91 Å². The maximum atomic E-state index is 12.0. The summed E-state index contributed by atoms with van der Waals surface area (Å²) < 4.78 is 1.71. The molecule has 0 bridgehead atoms. The Labute approximate surface area is 131 Å². The molecule has 1 amide bonds. The highest BCUT2D eigenvalue weighted by atomic mass is 16.1. The first-order chi connectivity index (χ1) is 10.6. The van der Waals surface area contributed by atoms with Gasteiger partial charge in [-0.3, -0.25) is 9.48 Å². The van der Waals surface area contributed by atoms with Crippen molar-refractivity contribution in [1.82, 2.24) is 15.1 Å². The van der Waals surface area contributed by atoms with Crippen molar-refractivity contribution in [1.29, 1.82) is 0 Å². The molecule has 1 N–H and O–H groups in total. The van der Waals surface area contributed by atoms with Gasteiger partial charge in [-0.1, -0.05) is 44.2 Å². The minimum absolute atomic E-state index is 0.0783. The number of carbonyl (C=O) groups excluding carboxylic acids is 1. The lowest BCUT2D eigenvalue weighted by Crippen LogP contribution is -2.29. The fourth-order valence-electron chi connectivity index (χ4n) is 2.41. The van der Waals surface area contributed by atoms with E-state index in [2.05, 4.69) is 36.4 Å². The minimum Gasteiger partial charge on any atom is -0.352 e. The van der Waals surface area contributed by atoms with Gasteiger partial charge >= 0.3 is 0 Å². The first-order valence-electron chi connectivity index (χ1n) is 7.55. The molecule has 116 valence electrons. The number of hydrogen-bond acceptors (Lipinski definition) is 2. The summed E-state index contributed by atoms with van der Waals surface area (Å²) in [7, 11) is 1.85. The van der Waals surface area contributed by atoms with Crippen molar-refractivity contribution < 1.29 is 4.79 Å². The number of nitrogens with zero attached hydrogens (tertiary/aromatic N) is 2. The van der Waals surface area contributed by atoms with Crippen LogP contribution in [-0.4, -0.2) is 22.2 Å². The first kappa shape index (κ1) is 16.0. The average Bonchev–Trinajstić information content (AvgIpc) is 2.92. The fraction of sp³-hybridized carbons (Fsp3) is 0.333. The number of aromatic nitrogens is 2. The summed E-state index contributed by atoms with van der Waals surface area (Å²) in [6.07, 6.45) is 6.92. The number of aryl methyl sites for hydroxylation is 1.